The number of rotatable bonds is 6. The van der Waals surface area contributed by atoms with Crippen molar-refractivity contribution in [1.29, 1.82) is 0 Å². The molecule has 0 saturated carbocycles. The lowest BCUT2D eigenvalue weighted by molar-refractivity contribution is -0.130. The van der Waals surface area contributed by atoms with Crippen LogP contribution in [0.4, 0.5) is 0 Å². The number of amides is 1. The Labute approximate surface area is 172 Å². The molecule has 1 aliphatic rings. The van der Waals surface area contributed by atoms with Crippen molar-refractivity contribution in [2.24, 2.45) is 0 Å². The molecule has 0 aliphatic carbocycles. The topological polar surface area (TPSA) is 51.2 Å². The molecule has 1 heterocycles. The molecule has 1 atom stereocenters. The number of nitrogens with zero attached hydrogens (tertiary/aromatic N) is 2. The van der Waals surface area contributed by atoms with Gasteiger partial charge in [0.2, 0.25) is 11.7 Å². The summed E-state index contributed by atoms with van der Waals surface area (Å²) in [7, 11) is 6.80. The van der Waals surface area contributed by atoms with Crippen LogP contribution in [-0.4, -0.2) is 63.7 Å². The van der Waals surface area contributed by atoms with E-state index in [4.69, 9.17) is 14.2 Å². The van der Waals surface area contributed by atoms with Crippen molar-refractivity contribution in [3.8, 4) is 17.2 Å². The number of ether oxygens (including phenoxy) is 3. The van der Waals surface area contributed by atoms with E-state index in [1.165, 1.54) is 0 Å². The predicted octanol–water partition coefficient (Wildman–Crippen LogP) is 3.24. The van der Waals surface area contributed by atoms with Crippen LogP contribution in [0.1, 0.15) is 17.2 Å². The summed E-state index contributed by atoms with van der Waals surface area (Å²) >= 11 is 0. The van der Waals surface area contributed by atoms with Gasteiger partial charge in [0.15, 0.2) is 11.5 Å². The molecule has 6 nitrogen and oxygen atoms in total. The number of piperazine rings is 1. The summed E-state index contributed by atoms with van der Waals surface area (Å²) < 4.78 is 16.1. The van der Waals surface area contributed by atoms with Crippen molar-refractivity contribution in [1.82, 2.24) is 9.80 Å². The van der Waals surface area contributed by atoms with Crippen LogP contribution in [-0.2, 0) is 4.79 Å². The molecular formula is C23H28N2O4. The number of methoxy groups -OCH3 is 3. The minimum absolute atomic E-state index is 0.0132. The fourth-order valence-corrected chi connectivity index (χ4v) is 3.60. The second-order valence-electron chi connectivity index (χ2n) is 7.01. The second kappa shape index (κ2) is 9.47. The van der Waals surface area contributed by atoms with Gasteiger partial charge in [0.05, 0.1) is 27.4 Å². The Bertz CT molecular complexity index is 841. The molecule has 3 rings (SSSR count). The molecule has 0 radical (unpaired) electrons. The third kappa shape index (κ3) is 4.71. The normalized spacial score (nSPS) is 17.4. The van der Waals surface area contributed by atoms with E-state index >= 15 is 0 Å². The maximum absolute atomic E-state index is 13.0. The van der Waals surface area contributed by atoms with E-state index in [1.54, 1.807) is 33.5 Å². The summed E-state index contributed by atoms with van der Waals surface area (Å²) in [6.45, 7) is 2.36. The van der Waals surface area contributed by atoms with E-state index < -0.39 is 0 Å². The number of likely N-dealkylation sites (N-methyl/N-ethyl adjacent to an activating group) is 1. The predicted molar refractivity (Wildman–Crippen MR) is 114 cm³/mol. The molecule has 0 bridgehead atoms. The highest BCUT2D eigenvalue weighted by Crippen LogP contribution is 2.38. The number of hydrogen-bond acceptors (Lipinski definition) is 5. The van der Waals surface area contributed by atoms with Crippen molar-refractivity contribution in [2.45, 2.75) is 6.04 Å². The van der Waals surface area contributed by atoms with Crippen LogP contribution in [0.15, 0.2) is 48.5 Å². The van der Waals surface area contributed by atoms with E-state index in [0.29, 0.717) is 23.8 Å². The van der Waals surface area contributed by atoms with Crippen LogP contribution in [0, 0.1) is 0 Å². The molecule has 1 aliphatic heterocycles. The Morgan fingerprint density at radius 1 is 1.00 bits per heavy atom. The fourth-order valence-electron chi connectivity index (χ4n) is 3.60. The maximum Gasteiger partial charge on any atom is 0.247 e. The monoisotopic (exact) mass is 396 g/mol. The number of carbonyl (C=O) groups excluding carboxylic acids is 1. The van der Waals surface area contributed by atoms with Crippen molar-refractivity contribution < 1.29 is 19.0 Å². The molecule has 154 valence electrons. The van der Waals surface area contributed by atoms with Gasteiger partial charge in [-0.2, -0.15) is 0 Å². The highest BCUT2D eigenvalue weighted by molar-refractivity contribution is 5.92. The number of hydrogen-bond donors (Lipinski definition) is 0. The summed E-state index contributed by atoms with van der Waals surface area (Å²) in [4.78, 5) is 17.2. The van der Waals surface area contributed by atoms with Gasteiger partial charge in [0.1, 0.15) is 0 Å². The van der Waals surface area contributed by atoms with E-state index in [1.807, 2.05) is 35.2 Å². The summed E-state index contributed by atoms with van der Waals surface area (Å²) in [5, 5.41) is 0. The van der Waals surface area contributed by atoms with E-state index in [2.05, 4.69) is 24.1 Å². The van der Waals surface area contributed by atoms with Crippen molar-refractivity contribution >= 4 is 12.0 Å². The molecule has 2 aromatic rings. The smallest absolute Gasteiger partial charge is 0.247 e. The lowest BCUT2D eigenvalue weighted by Crippen LogP contribution is -2.48. The largest absolute Gasteiger partial charge is 0.493 e. The van der Waals surface area contributed by atoms with E-state index in [0.717, 1.165) is 24.2 Å². The Hall–Kier alpha value is -2.99. The van der Waals surface area contributed by atoms with Crippen LogP contribution in [0.3, 0.4) is 0 Å². The van der Waals surface area contributed by atoms with E-state index in [9.17, 15) is 4.79 Å². The van der Waals surface area contributed by atoms with Gasteiger partial charge in [-0.15, -0.1) is 0 Å². The van der Waals surface area contributed by atoms with Crippen LogP contribution in [0.25, 0.3) is 6.08 Å². The summed E-state index contributed by atoms with van der Waals surface area (Å²) in [5.41, 5.74) is 1.95. The average Bonchev–Trinajstić information content (AvgIpc) is 2.77. The van der Waals surface area contributed by atoms with Crippen molar-refractivity contribution in [2.75, 3.05) is 48.0 Å². The molecular weight excluding hydrogens is 368 g/mol. The first-order chi connectivity index (χ1) is 14.1. The molecule has 1 amide bonds. The lowest BCUT2D eigenvalue weighted by Gasteiger charge is -2.40. The Balaban J connectivity index is 1.84. The molecule has 0 spiro atoms. The third-order valence-corrected chi connectivity index (χ3v) is 5.16. The van der Waals surface area contributed by atoms with Gasteiger partial charge < -0.3 is 24.0 Å². The Morgan fingerprint density at radius 2 is 1.66 bits per heavy atom. The molecule has 0 unspecified atom stereocenters. The molecule has 1 saturated heterocycles. The minimum atomic E-state index is -0.0132. The van der Waals surface area contributed by atoms with Gasteiger partial charge in [-0.25, -0.2) is 0 Å². The minimum Gasteiger partial charge on any atom is -0.493 e. The van der Waals surface area contributed by atoms with Crippen LogP contribution in [0.5, 0.6) is 17.2 Å². The first-order valence-electron chi connectivity index (χ1n) is 9.59. The van der Waals surface area contributed by atoms with Gasteiger partial charge in [0, 0.05) is 25.7 Å². The average molecular weight is 396 g/mol. The zero-order valence-electron chi connectivity index (χ0n) is 17.4. The van der Waals surface area contributed by atoms with Gasteiger partial charge in [-0.1, -0.05) is 30.3 Å². The van der Waals surface area contributed by atoms with Crippen LogP contribution >= 0.6 is 0 Å². The van der Waals surface area contributed by atoms with Gasteiger partial charge in [-0.05, 0) is 36.4 Å². The standard InChI is InChI=1S/C23H28N2O4/c1-24-12-13-25(19(16-24)18-8-6-5-7-9-18)22(26)11-10-17-14-20(27-2)23(29-4)21(15-17)28-3/h5-11,14-15,19H,12-13,16H2,1-4H3/b11-10+/t19-/m0/s1. The Morgan fingerprint density at radius 3 is 2.24 bits per heavy atom. The Kier molecular flexibility index (Phi) is 6.77. The third-order valence-electron chi connectivity index (χ3n) is 5.16. The van der Waals surface area contributed by atoms with Gasteiger partial charge in [0.25, 0.3) is 0 Å². The molecule has 0 aromatic heterocycles. The lowest BCUT2D eigenvalue weighted by atomic mass is 10.0. The fraction of sp³-hybridized carbons (Fsp3) is 0.348. The number of benzene rings is 2. The van der Waals surface area contributed by atoms with E-state index in [-0.39, 0.29) is 11.9 Å². The SMILES string of the molecule is COc1cc(/C=C/C(=O)N2CCN(C)C[C@H]2c2ccccc2)cc(OC)c1OC. The van der Waals surface area contributed by atoms with Gasteiger partial charge >= 0.3 is 0 Å². The second-order valence-corrected chi connectivity index (χ2v) is 7.01. The highest BCUT2D eigenvalue weighted by Gasteiger charge is 2.29. The molecule has 2 aromatic carbocycles. The molecule has 29 heavy (non-hydrogen) atoms. The molecule has 6 heteroatoms. The summed E-state index contributed by atoms with van der Waals surface area (Å²) in [6, 6.07) is 13.9. The number of carbonyl (C=O) groups is 1. The molecule has 1 fully saturated rings. The van der Waals surface area contributed by atoms with Crippen LogP contribution < -0.4 is 14.2 Å². The first kappa shape index (κ1) is 20.7. The first-order valence-corrected chi connectivity index (χ1v) is 9.59. The van der Waals surface area contributed by atoms with Gasteiger partial charge in [-0.3, -0.25) is 4.79 Å². The highest BCUT2D eigenvalue weighted by atomic mass is 16.5. The van der Waals surface area contributed by atoms with Crippen molar-refractivity contribution in [3.63, 3.8) is 0 Å². The summed E-state index contributed by atoms with van der Waals surface area (Å²) in [6.07, 6.45) is 3.40. The quantitative estimate of drug-likeness (QED) is 0.702. The summed E-state index contributed by atoms with van der Waals surface area (Å²) in [5.74, 6) is 1.63. The van der Waals surface area contributed by atoms with Crippen LogP contribution in [0.2, 0.25) is 0 Å². The van der Waals surface area contributed by atoms with Crippen molar-refractivity contribution in [3.05, 3.63) is 59.7 Å². The zero-order chi connectivity index (χ0) is 20.8. The maximum atomic E-state index is 13.0. The zero-order valence-corrected chi connectivity index (χ0v) is 17.4. The molecule has 0 N–H and O–H groups in total.